The maximum absolute atomic E-state index is 13.4. The van der Waals surface area contributed by atoms with E-state index in [2.05, 4.69) is 20.9 Å². The number of aliphatic carboxylic acids is 2. The van der Waals surface area contributed by atoms with Gasteiger partial charge in [0, 0.05) is 29.9 Å². The fourth-order valence-corrected chi connectivity index (χ4v) is 4.01. The first-order valence-corrected chi connectivity index (χ1v) is 12.3. The highest BCUT2D eigenvalue weighted by Gasteiger charge is 2.31. The highest BCUT2D eigenvalue weighted by Crippen LogP contribution is 2.19. The Labute approximate surface area is 224 Å². The number of para-hydroxylation sites is 1. The van der Waals surface area contributed by atoms with Crippen LogP contribution in [0.1, 0.15) is 24.5 Å². The molecule has 0 saturated heterocycles. The lowest BCUT2D eigenvalue weighted by Crippen LogP contribution is -2.58. The highest BCUT2D eigenvalue weighted by atomic mass is 16.4. The van der Waals surface area contributed by atoms with Gasteiger partial charge in [-0.1, -0.05) is 48.5 Å². The SMILES string of the molecule is CC(N)C(=O)NC(CC(=O)O)C(=O)NC(Cc1c[nH]c2ccccc12)C(=O)NC(Cc1ccccc1)C(=O)O. The number of hydrogen-bond donors (Lipinski definition) is 7. The highest BCUT2D eigenvalue weighted by molar-refractivity contribution is 5.96. The standard InChI is InChI=1S/C27H31N5O7/c1-15(28)24(35)30-21(13-23(33)34)26(37)31-20(12-17-14-29-19-10-6-5-9-18(17)19)25(36)32-22(27(38)39)11-16-7-3-2-4-8-16/h2-10,14-15,20-22,29H,11-13,28H2,1H3,(H,30,35)(H,31,37)(H,32,36)(H,33,34)(H,38,39). The molecule has 0 aliphatic rings. The number of aromatic nitrogens is 1. The number of carboxylic acid groups (broad SMARTS) is 2. The molecule has 0 bridgehead atoms. The molecule has 12 nitrogen and oxygen atoms in total. The second-order valence-corrected chi connectivity index (χ2v) is 9.16. The second kappa shape index (κ2) is 13.2. The van der Waals surface area contributed by atoms with Crippen molar-refractivity contribution in [2.45, 2.75) is 50.4 Å². The lowest BCUT2D eigenvalue weighted by atomic mass is 10.0. The second-order valence-electron chi connectivity index (χ2n) is 9.16. The van der Waals surface area contributed by atoms with E-state index in [1.54, 1.807) is 42.6 Å². The van der Waals surface area contributed by atoms with Gasteiger partial charge in [-0.05, 0) is 24.1 Å². The molecule has 206 valence electrons. The monoisotopic (exact) mass is 537 g/mol. The first-order valence-electron chi connectivity index (χ1n) is 12.3. The van der Waals surface area contributed by atoms with E-state index in [0.29, 0.717) is 11.1 Å². The number of carbonyl (C=O) groups is 5. The summed E-state index contributed by atoms with van der Waals surface area (Å²) >= 11 is 0. The summed E-state index contributed by atoms with van der Waals surface area (Å²) in [6.07, 6.45) is 0.877. The minimum absolute atomic E-state index is 0.00174. The van der Waals surface area contributed by atoms with Crippen LogP contribution in [0, 0.1) is 0 Å². The van der Waals surface area contributed by atoms with Crippen LogP contribution in [0.2, 0.25) is 0 Å². The molecular formula is C27H31N5O7. The van der Waals surface area contributed by atoms with Crippen LogP contribution in [-0.4, -0.2) is 69.0 Å². The van der Waals surface area contributed by atoms with Gasteiger partial charge in [-0.15, -0.1) is 0 Å². The van der Waals surface area contributed by atoms with E-state index < -0.39 is 60.2 Å². The number of amides is 3. The Morgan fingerprint density at radius 3 is 2.03 bits per heavy atom. The Morgan fingerprint density at radius 1 is 0.795 bits per heavy atom. The van der Waals surface area contributed by atoms with E-state index >= 15 is 0 Å². The Balaban J connectivity index is 1.87. The third-order valence-corrected chi connectivity index (χ3v) is 6.05. The third kappa shape index (κ3) is 8.14. The molecule has 3 rings (SSSR count). The molecule has 8 N–H and O–H groups in total. The number of nitrogens with one attached hydrogen (secondary N) is 4. The summed E-state index contributed by atoms with van der Waals surface area (Å²) in [4.78, 5) is 65.0. The topological polar surface area (TPSA) is 204 Å². The average molecular weight is 538 g/mol. The number of carbonyl (C=O) groups excluding carboxylic acids is 3. The molecule has 0 saturated carbocycles. The van der Waals surface area contributed by atoms with Crippen LogP contribution in [0.4, 0.5) is 0 Å². The number of H-pyrrole nitrogens is 1. The zero-order chi connectivity index (χ0) is 28.5. The molecule has 0 fully saturated rings. The van der Waals surface area contributed by atoms with Crippen LogP contribution in [0.5, 0.6) is 0 Å². The minimum Gasteiger partial charge on any atom is -0.481 e. The average Bonchev–Trinajstić information content (AvgIpc) is 3.30. The zero-order valence-corrected chi connectivity index (χ0v) is 21.2. The summed E-state index contributed by atoms with van der Waals surface area (Å²) in [7, 11) is 0. The molecule has 0 aliphatic heterocycles. The Bertz CT molecular complexity index is 1340. The first-order chi connectivity index (χ1) is 18.5. The number of rotatable bonds is 13. The van der Waals surface area contributed by atoms with Crippen LogP contribution in [-0.2, 0) is 36.8 Å². The van der Waals surface area contributed by atoms with Gasteiger partial charge in [-0.2, -0.15) is 0 Å². The summed E-state index contributed by atoms with van der Waals surface area (Å²) < 4.78 is 0. The van der Waals surface area contributed by atoms with E-state index in [-0.39, 0.29) is 12.8 Å². The van der Waals surface area contributed by atoms with Crippen molar-refractivity contribution < 1.29 is 34.2 Å². The van der Waals surface area contributed by atoms with Crippen molar-refractivity contribution in [2.75, 3.05) is 0 Å². The van der Waals surface area contributed by atoms with Crippen molar-refractivity contribution in [3.63, 3.8) is 0 Å². The largest absolute Gasteiger partial charge is 0.481 e. The van der Waals surface area contributed by atoms with Crippen LogP contribution >= 0.6 is 0 Å². The van der Waals surface area contributed by atoms with Crippen molar-refractivity contribution in [1.29, 1.82) is 0 Å². The molecule has 4 atom stereocenters. The molecule has 39 heavy (non-hydrogen) atoms. The van der Waals surface area contributed by atoms with Gasteiger partial charge >= 0.3 is 11.9 Å². The van der Waals surface area contributed by atoms with E-state index in [1.165, 1.54) is 6.92 Å². The third-order valence-electron chi connectivity index (χ3n) is 6.05. The van der Waals surface area contributed by atoms with Crippen LogP contribution in [0.15, 0.2) is 60.8 Å². The maximum Gasteiger partial charge on any atom is 0.326 e. The molecule has 3 amide bonds. The molecule has 0 spiro atoms. The fraction of sp³-hybridized carbons (Fsp3) is 0.296. The molecule has 4 unspecified atom stereocenters. The van der Waals surface area contributed by atoms with E-state index in [0.717, 1.165) is 10.9 Å². The Morgan fingerprint density at radius 2 is 1.38 bits per heavy atom. The summed E-state index contributed by atoms with van der Waals surface area (Å²) in [6.45, 7) is 1.37. The Kier molecular flexibility index (Phi) is 9.76. The van der Waals surface area contributed by atoms with Crippen molar-refractivity contribution >= 4 is 40.6 Å². The van der Waals surface area contributed by atoms with Crippen molar-refractivity contribution in [1.82, 2.24) is 20.9 Å². The normalized spacial score (nSPS) is 14.0. The molecule has 1 aromatic heterocycles. The maximum atomic E-state index is 13.4. The summed E-state index contributed by atoms with van der Waals surface area (Å²) in [5.41, 5.74) is 7.68. The summed E-state index contributed by atoms with van der Waals surface area (Å²) in [5.74, 6) is -5.09. The summed E-state index contributed by atoms with van der Waals surface area (Å²) in [5, 5.41) is 27.1. The van der Waals surface area contributed by atoms with Crippen molar-refractivity contribution in [3.8, 4) is 0 Å². The summed E-state index contributed by atoms with van der Waals surface area (Å²) in [6, 6.07) is 10.9. The van der Waals surface area contributed by atoms with Gasteiger partial charge in [-0.25, -0.2) is 4.79 Å². The van der Waals surface area contributed by atoms with Crippen LogP contribution < -0.4 is 21.7 Å². The van der Waals surface area contributed by atoms with Crippen LogP contribution in [0.3, 0.4) is 0 Å². The van der Waals surface area contributed by atoms with Gasteiger partial charge in [0.25, 0.3) is 0 Å². The number of hydrogen-bond acceptors (Lipinski definition) is 6. The number of fused-ring (bicyclic) bond motifs is 1. The zero-order valence-electron chi connectivity index (χ0n) is 21.2. The minimum atomic E-state index is -1.51. The van der Waals surface area contributed by atoms with Gasteiger partial charge in [0.15, 0.2) is 0 Å². The van der Waals surface area contributed by atoms with E-state index in [4.69, 9.17) is 5.73 Å². The molecule has 0 radical (unpaired) electrons. The van der Waals surface area contributed by atoms with Gasteiger partial charge in [-0.3, -0.25) is 19.2 Å². The van der Waals surface area contributed by atoms with Gasteiger partial charge < -0.3 is 36.9 Å². The van der Waals surface area contributed by atoms with Gasteiger partial charge in [0.1, 0.15) is 18.1 Å². The lowest BCUT2D eigenvalue weighted by molar-refractivity contribution is -0.143. The molecule has 2 aromatic carbocycles. The molecular weight excluding hydrogens is 506 g/mol. The quantitative estimate of drug-likeness (QED) is 0.161. The number of carboxylic acids is 2. The van der Waals surface area contributed by atoms with Crippen LogP contribution in [0.25, 0.3) is 10.9 Å². The van der Waals surface area contributed by atoms with E-state index in [9.17, 15) is 34.2 Å². The molecule has 1 heterocycles. The van der Waals surface area contributed by atoms with Gasteiger partial charge in [0.2, 0.25) is 17.7 Å². The van der Waals surface area contributed by atoms with Crippen molar-refractivity contribution in [3.05, 3.63) is 71.9 Å². The van der Waals surface area contributed by atoms with Crippen molar-refractivity contribution in [2.24, 2.45) is 5.73 Å². The van der Waals surface area contributed by atoms with Gasteiger partial charge in [0.05, 0.1) is 12.5 Å². The number of benzene rings is 2. The van der Waals surface area contributed by atoms with E-state index in [1.807, 2.05) is 18.2 Å². The molecule has 0 aliphatic carbocycles. The number of aromatic amines is 1. The molecule has 12 heteroatoms. The Hall–Kier alpha value is -4.71. The predicted octanol–water partition coefficient (Wildman–Crippen LogP) is 0.314. The smallest absolute Gasteiger partial charge is 0.326 e. The lowest BCUT2D eigenvalue weighted by Gasteiger charge is -2.24. The number of nitrogens with two attached hydrogens (primary N) is 1. The predicted molar refractivity (Wildman–Crippen MR) is 141 cm³/mol. The first kappa shape index (κ1) is 28.9. The fourth-order valence-electron chi connectivity index (χ4n) is 4.01. The molecule has 3 aromatic rings.